The Kier molecular flexibility index (Phi) is 14.1. The van der Waals surface area contributed by atoms with Crippen molar-refractivity contribution >= 4 is 23.9 Å². The zero-order valence-corrected chi connectivity index (χ0v) is 25.0. The van der Waals surface area contributed by atoms with E-state index in [4.69, 9.17) is 18.9 Å². The van der Waals surface area contributed by atoms with Crippen LogP contribution in [0.25, 0.3) is 0 Å². The summed E-state index contributed by atoms with van der Waals surface area (Å²) < 4.78 is 21.5. The number of esters is 4. The van der Waals surface area contributed by atoms with Gasteiger partial charge in [0.05, 0.1) is 6.42 Å². The second-order valence-corrected chi connectivity index (χ2v) is 10.4. The Morgan fingerprint density at radius 1 is 0.636 bits per heavy atom. The Morgan fingerprint density at radius 2 is 1.11 bits per heavy atom. The van der Waals surface area contributed by atoms with Crippen LogP contribution in [0.2, 0.25) is 0 Å². The van der Waals surface area contributed by atoms with E-state index in [0.717, 1.165) is 25.7 Å². The molecule has 0 bridgehead atoms. The average molecular weight is 605 g/mol. The van der Waals surface area contributed by atoms with Gasteiger partial charge in [-0.2, -0.15) is 0 Å². The first-order valence-electron chi connectivity index (χ1n) is 14.8. The quantitative estimate of drug-likeness (QED) is 0.112. The van der Waals surface area contributed by atoms with Gasteiger partial charge in [-0.25, -0.2) is 9.59 Å². The minimum Gasteiger partial charge on any atom is -0.461 e. The molecule has 2 atom stereocenters. The van der Waals surface area contributed by atoms with E-state index >= 15 is 0 Å². The normalized spacial score (nSPS) is 12.8. The van der Waals surface area contributed by atoms with E-state index < -0.39 is 42.0 Å². The van der Waals surface area contributed by atoms with E-state index in [9.17, 15) is 24.3 Å². The van der Waals surface area contributed by atoms with Gasteiger partial charge in [0, 0.05) is 6.42 Å². The third-order valence-corrected chi connectivity index (χ3v) is 6.83. The molecule has 0 fully saturated rings. The predicted molar refractivity (Wildman–Crippen MR) is 162 cm³/mol. The van der Waals surface area contributed by atoms with E-state index in [1.54, 1.807) is 91.0 Å². The lowest BCUT2D eigenvalue weighted by atomic mass is 9.92. The molecule has 44 heavy (non-hydrogen) atoms. The van der Waals surface area contributed by atoms with Crippen LogP contribution < -0.4 is 0 Å². The molecule has 3 aromatic carbocycles. The zero-order chi connectivity index (χ0) is 31.6. The van der Waals surface area contributed by atoms with Gasteiger partial charge in [0.25, 0.3) is 0 Å². The summed E-state index contributed by atoms with van der Waals surface area (Å²) in [5, 5.41) is 11.8. The molecule has 0 aromatic heterocycles. The molecule has 0 amide bonds. The topological polar surface area (TPSA) is 125 Å². The van der Waals surface area contributed by atoms with Crippen LogP contribution in [0, 0.1) is 0 Å². The molecule has 0 spiro atoms. The molecular weight excluding hydrogens is 564 g/mol. The van der Waals surface area contributed by atoms with Crippen molar-refractivity contribution < 1.29 is 43.2 Å². The first-order chi connectivity index (χ1) is 21.3. The lowest BCUT2D eigenvalue weighted by Crippen LogP contribution is -2.57. The van der Waals surface area contributed by atoms with E-state index in [-0.39, 0.29) is 26.2 Å². The van der Waals surface area contributed by atoms with Crippen LogP contribution in [-0.2, 0) is 57.9 Å². The van der Waals surface area contributed by atoms with Gasteiger partial charge in [-0.3, -0.25) is 9.59 Å². The molecule has 9 nitrogen and oxygen atoms in total. The van der Waals surface area contributed by atoms with Crippen LogP contribution in [0.3, 0.4) is 0 Å². The van der Waals surface area contributed by atoms with Crippen LogP contribution in [-0.4, -0.2) is 40.7 Å². The molecule has 3 aromatic rings. The van der Waals surface area contributed by atoms with Crippen LogP contribution in [0.1, 0.15) is 68.6 Å². The van der Waals surface area contributed by atoms with Gasteiger partial charge in [0.15, 0.2) is 0 Å². The van der Waals surface area contributed by atoms with Gasteiger partial charge in [0.1, 0.15) is 19.8 Å². The van der Waals surface area contributed by atoms with E-state index in [1.807, 2.05) is 0 Å². The first-order valence-corrected chi connectivity index (χ1v) is 14.8. The van der Waals surface area contributed by atoms with Crippen molar-refractivity contribution in [1.82, 2.24) is 0 Å². The molecule has 0 aliphatic carbocycles. The summed E-state index contributed by atoms with van der Waals surface area (Å²) >= 11 is 0. The Bertz CT molecular complexity index is 1310. The molecule has 9 heteroatoms. The molecule has 234 valence electrons. The number of benzene rings is 3. The molecule has 0 aliphatic rings. The number of carbonyl (C=O) groups excluding carboxylic acids is 4. The number of rotatable bonds is 18. The highest BCUT2D eigenvalue weighted by molar-refractivity contribution is 5.94. The number of carbonyl (C=O) groups is 4. The summed E-state index contributed by atoms with van der Waals surface area (Å²) in [6.07, 6.45) is 0.945. The molecule has 0 saturated carbocycles. The largest absolute Gasteiger partial charge is 0.461 e. The summed E-state index contributed by atoms with van der Waals surface area (Å²) in [7, 11) is 0. The Labute approximate surface area is 258 Å². The molecule has 0 saturated heterocycles. The second-order valence-electron chi connectivity index (χ2n) is 10.4. The van der Waals surface area contributed by atoms with Crippen molar-refractivity contribution in [2.75, 3.05) is 0 Å². The zero-order valence-electron chi connectivity index (χ0n) is 25.0. The number of ether oxygens (including phenoxy) is 4. The Balaban J connectivity index is 1.84. The third-order valence-electron chi connectivity index (χ3n) is 6.83. The molecule has 0 radical (unpaired) electrons. The Morgan fingerprint density at radius 3 is 1.64 bits per heavy atom. The van der Waals surface area contributed by atoms with Gasteiger partial charge in [-0.05, 0) is 23.1 Å². The van der Waals surface area contributed by atoms with Crippen molar-refractivity contribution in [2.24, 2.45) is 0 Å². The highest BCUT2D eigenvalue weighted by Gasteiger charge is 2.55. The van der Waals surface area contributed by atoms with Crippen molar-refractivity contribution in [3.8, 4) is 0 Å². The van der Waals surface area contributed by atoms with E-state index in [1.165, 1.54) is 0 Å². The van der Waals surface area contributed by atoms with Crippen LogP contribution in [0.4, 0.5) is 0 Å². The van der Waals surface area contributed by atoms with Gasteiger partial charge in [-0.1, -0.05) is 124 Å². The predicted octanol–water partition coefficient (Wildman–Crippen LogP) is 5.61. The van der Waals surface area contributed by atoms with Gasteiger partial charge >= 0.3 is 23.9 Å². The van der Waals surface area contributed by atoms with Crippen molar-refractivity contribution in [2.45, 2.75) is 83.4 Å². The molecule has 3 rings (SSSR count). The maximum atomic E-state index is 13.5. The Hall–Kier alpha value is -4.50. The van der Waals surface area contributed by atoms with E-state index in [2.05, 4.69) is 6.92 Å². The average Bonchev–Trinajstić information content (AvgIpc) is 3.05. The van der Waals surface area contributed by atoms with Gasteiger partial charge in [-0.15, -0.1) is 0 Å². The number of hydrogen-bond acceptors (Lipinski definition) is 9. The second kappa shape index (κ2) is 18.2. The molecule has 0 heterocycles. The maximum absolute atomic E-state index is 13.5. The van der Waals surface area contributed by atoms with Crippen molar-refractivity contribution in [3.63, 3.8) is 0 Å². The molecule has 0 aliphatic heterocycles. The summed E-state index contributed by atoms with van der Waals surface area (Å²) in [5.74, 6) is -4.38. The standard InChI is InChI=1S/C35H40O9/c1-2-3-4-5-15-22-30(36)44-32(33(38)42-25-28-18-11-7-12-19-28)35(40,34(39)43-26-29-20-13-8-14-21-29)23-31(37)41-24-27-16-9-6-10-17-27/h6-14,16-21,32,40H,2-5,15,22-26H2,1H3. The number of aliphatic hydroxyl groups is 1. The van der Waals surface area contributed by atoms with Crippen LogP contribution >= 0.6 is 0 Å². The van der Waals surface area contributed by atoms with E-state index in [0.29, 0.717) is 23.1 Å². The highest BCUT2D eigenvalue weighted by atomic mass is 16.6. The van der Waals surface area contributed by atoms with Gasteiger partial charge < -0.3 is 24.1 Å². The SMILES string of the molecule is CCCCCCCC(=O)OC(C(=O)OCc1ccccc1)C(O)(CC(=O)OCc1ccccc1)C(=O)OCc1ccccc1. The van der Waals surface area contributed by atoms with Gasteiger partial charge in [0.2, 0.25) is 11.7 Å². The lowest BCUT2D eigenvalue weighted by molar-refractivity contribution is -0.204. The van der Waals surface area contributed by atoms with Crippen molar-refractivity contribution in [1.29, 1.82) is 0 Å². The third kappa shape index (κ3) is 11.3. The summed E-state index contributed by atoms with van der Waals surface area (Å²) in [4.78, 5) is 52.8. The summed E-state index contributed by atoms with van der Waals surface area (Å²) in [6.45, 7) is 1.44. The fourth-order valence-electron chi connectivity index (χ4n) is 4.34. The maximum Gasteiger partial charge on any atom is 0.351 e. The molecule has 1 N–H and O–H groups in total. The molecule has 2 unspecified atom stereocenters. The minimum absolute atomic E-state index is 0.0558. The summed E-state index contributed by atoms with van der Waals surface area (Å²) in [5.41, 5.74) is -1.04. The fraction of sp³-hybridized carbons (Fsp3) is 0.371. The number of unbranched alkanes of at least 4 members (excludes halogenated alkanes) is 4. The van der Waals surface area contributed by atoms with Crippen LogP contribution in [0.15, 0.2) is 91.0 Å². The first kappa shape index (κ1) is 34.0. The summed E-state index contributed by atoms with van der Waals surface area (Å²) in [6, 6.07) is 26.2. The fourth-order valence-corrected chi connectivity index (χ4v) is 4.34. The highest BCUT2D eigenvalue weighted by Crippen LogP contribution is 2.26. The smallest absolute Gasteiger partial charge is 0.351 e. The minimum atomic E-state index is -2.94. The van der Waals surface area contributed by atoms with Crippen molar-refractivity contribution in [3.05, 3.63) is 108 Å². The molecular formula is C35H40O9. The number of hydrogen-bond donors (Lipinski definition) is 1. The monoisotopic (exact) mass is 604 g/mol. The van der Waals surface area contributed by atoms with Crippen LogP contribution in [0.5, 0.6) is 0 Å². The lowest BCUT2D eigenvalue weighted by Gasteiger charge is -2.31.